The summed E-state index contributed by atoms with van der Waals surface area (Å²) in [6, 6.07) is 13.7. The summed E-state index contributed by atoms with van der Waals surface area (Å²) in [6.07, 6.45) is 0. The van der Waals surface area contributed by atoms with Crippen molar-refractivity contribution >= 4 is 31.6 Å². The largest absolute Gasteiger partial charge is 0.488 e. The van der Waals surface area contributed by atoms with Crippen molar-refractivity contribution in [3.8, 4) is 0 Å². The molecular formula is C15H18B2O6. The molecule has 120 valence electrons. The standard InChI is InChI=1S/C8H9BO4.C7H9BO2/c10-6-13-5-7-2-1-3-8(4-7)9(11)12;1-6-3-2-4-7(5-6)8(9)10/h1-4,6,11-12H,5H2;2-5,9-10H,1H3. The Hall–Kier alpha value is -2.12. The third kappa shape index (κ3) is 7.12. The van der Waals surface area contributed by atoms with Gasteiger partial charge in [-0.15, -0.1) is 0 Å². The van der Waals surface area contributed by atoms with Gasteiger partial charge in [-0.25, -0.2) is 0 Å². The Morgan fingerprint density at radius 2 is 1.52 bits per heavy atom. The van der Waals surface area contributed by atoms with Gasteiger partial charge in [0, 0.05) is 0 Å². The first-order chi connectivity index (χ1) is 10.9. The van der Waals surface area contributed by atoms with Gasteiger partial charge in [0.25, 0.3) is 6.47 Å². The molecule has 0 fully saturated rings. The molecule has 0 bridgehead atoms. The molecule has 0 amide bonds. The highest BCUT2D eigenvalue weighted by Gasteiger charge is 2.10. The van der Waals surface area contributed by atoms with Crippen molar-refractivity contribution in [1.29, 1.82) is 0 Å². The first kappa shape index (κ1) is 18.9. The lowest BCUT2D eigenvalue weighted by atomic mass is 9.80. The quantitative estimate of drug-likeness (QED) is 0.404. The van der Waals surface area contributed by atoms with Crippen LogP contribution in [0.5, 0.6) is 0 Å². The van der Waals surface area contributed by atoms with Crippen molar-refractivity contribution in [3.63, 3.8) is 0 Å². The molecule has 0 aliphatic heterocycles. The Balaban J connectivity index is 0.000000238. The lowest BCUT2D eigenvalue weighted by molar-refractivity contribution is -0.129. The first-order valence-electron chi connectivity index (χ1n) is 6.87. The second-order valence-corrected chi connectivity index (χ2v) is 4.81. The van der Waals surface area contributed by atoms with Gasteiger partial charge in [0.1, 0.15) is 6.61 Å². The molecule has 0 saturated carbocycles. The molecular weight excluding hydrogens is 298 g/mol. The highest BCUT2D eigenvalue weighted by Crippen LogP contribution is 1.98. The van der Waals surface area contributed by atoms with Crippen LogP contribution in [0.1, 0.15) is 11.1 Å². The van der Waals surface area contributed by atoms with E-state index in [1.807, 2.05) is 13.0 Å². The molecule has 23 heavy (non-hydrogen) atoms. The molecule has 0 unspecified atom stereocenters. The molecule has 0 spiro atoms. The van der Waals surface area contributed by atoms with Crippen LogP contribution >= 0.6 is 0 Å². The molecule has 2 aromatic carbocycles. The van der Waals surface area contributed by atoms with Crippen molar-refractivity contribution in [1.82, 2.24) is 0 Å². The van der Waals surface area contributed by atoms with E-state index in [9.17, 15) is 4.79 Å². The summed E-state index contributed by atoms with van der Waals surface area (Å²) >= 11 is 0. The van der Waals surface area contributed by atoms with Crippen molar-refractivity contribution < 1.29 is 29.6 Å². The fourth-order valence-electron chi connectivity index (χ4n) is 1.80. The van der Waals surface area contributed by atoms with Gasteiger partial charge in [-0.1, -0.05) is 54.1 Å². The van der Waals surface area contributed by atoms with Gasteiger partial charge in [-0.05, 0) is 23.4 Å². The van der Waals surface area contributed by atoms with E-state index >= 15 is 0 Å². The average Bonchev–Trinajstić information content (AvgIpc) is 2.53. The number of ether oxygens (including phenoxy) is 1. The van der Waals surface area contributed by atoms with E-state index in [1.165, 1.54) is 0 Å². The van der Waals surface area contributed by atoms with Crippen molar-refractivity contribution in [2.45, 2.75) is 13.5 Å². The molecule has 0 atom stereocenters. The zero-order valence-corrected chi connectivity index (χ0v) is 12.7. The van der Waals surface area contributed by atoms with Gasteiger partial charge < -0.3 is 24.8 Å². The Bertz CT molecular complexity index is 618. The predicted molar refractivity (Wildman–Crippen MR) is 88.1 cm³/mol. The summed E-state index contributed by atoms with van der Waals surface area (Å²) in [4.78, 5) is 9.88. The summed E-state index contributed by atoms with van der Waals surface area (Å²) in [5.41, 5.74) is 2.68. The summed E-state index contributed by atoms with van der Waals surface area (Å²) in [7, 11) is -2.84. The second kappa shape index (κ2) is 9.81. The van der Waals surface area contributed by atoms with Gasteiger partial charge in [0.15, 0.2) is 0 Å². The van der Waals surface area contributed by atoms with Crippen molar-refractivity contribution in [2.75, 3.05) is 0 Å². The van der Waals surface area contributed by atoms with E-state index < -0.39 is 14.2 Å². The topological polar surface area (TPSA) is 107 Å². The lowest BCUT2D eigenvalue weighted by Gasteiger charge is -2.02. The van der Waals surface area contributed by atoms with Crippen LogP contribution in [0.25, 0.3) is 0 Å². The maximum Gasteiger partial charge on any atom is 0.488 e. The number of carbonyl (C=O) groups is 1. The molecule has 2 aromatic rings. The van der Waals surface area contributed by atoms with Crippen molar-refractivity contribution in [2.24, 2.45) is 0 Å². The van der Waals surface area contributed by atoms with E-state index in [0.717, 1.165) is 11.1 Å². The Morgan fingerprint density at radius 3 is 2.00 bits per heavy atom. The minimum atomic E-state index is -1.49. The minimum absolute atomic E-state index is 0.143. The van der Waals surface area contributed by atoms with Gasteiger partial charge in [-0.2, -0.15) is 0 Å². The lowest BCUT2D eigenvalue weighted by Crippen LogP contribution is -2.29. The van der Waals surface area contributed by atoms with E-state index in [1.54, 1.807) is 42.5 Å². The third-order valence-electron chi connectivity index (χ3n) is 2.91. The molecule has 8 heteroatoms. The van der Waals surface area contributed by atoms with Crippen LogP contribution in [0, 0.1) is 6.92 Å². The molecule has 0 heterocycles. The summed E-state index contributed by atoms with van der Waals surface area (Å²) in [5.74, 6) is 0. The second-order valence-electron chi connectivity index (χ2n) is 4.81. The minimum Gasteiger partial charge on any atom is -0.463 e. The number of hydrogen-bond donors (Lipinski definition) is 4. The highest BCUT2D eigenvalue weighted by atomic mass is 16.5. The molecule has 4 N–H and O–H groups in total. The van der Waals surface area contributed by atoms with Gasteiger partial charge >= 0.3 is 14.2 Å². The Kier molecular flexibility index (Phi) is 8.07. The van der Waals surface area contributed by atoms with Gasteiger partial charge in [-0.3, -0.25) is 4.79 Å². The number of rotatable bonds is 5. The van der Waals surface area contributed by atoms with Crippen LogP contribution in [0.15, 0.2) is 48.5 Å². The Morgan fingerprint density at radius 1 is 0.957 bits per heavy atom. The van der Waals surface area contributed by atoms with E-state index in [0.29, 0.717) is 17.4 Å². The molecule has 0 radical (unpaired) electrons. The molecule has 0 aliphatic carbocycles. The van der Waals surface area contributed by atoms with E-state index in [-0.39, 0.29) is 6.61 Å². The van der Waals surface area contributed by atoms with Crippen LogP contribution in [-0.4, -0.2) is 40.8 Å². The first-order valence-corrected chi connectivity index (χ1v) is 6.87. The maximum absolute atomic E-state index is 9.88. The number of aryl methyl sites for hydroxylation is 1. The maximum atomic E-state index is 9.88. The van der Waals surface area contributed by atoms with Crippen LogP contribution in [0.2, 0.25) is 0 Å². The van der Waals surface area contributed by atoms with E-state index in [2.05, 4.69) is 4.74 Å². The zero-order chi connectivity index (χ0) is 17.2. The normalized spacial score (nSPS) is 9.43. The monoisotopic (exact) mass is 316 g/mol. The van der Waals surface area contributed by atoms with Crippen LogP contribution < -0.4 is 10.9 Å². The smallest absolute Gasteiger partial charge is 0.463 e. The molecule has 0 aromatic heterocycles. The fraction of sp³-hybridized carbons (Fsp3) is 0.133. The zero-order valence-electron chi connectivity index (χ0n) is 12.7. The fourth-order valence-corrected chi connectivity index (χ4v) is 1.80. The molecule has 2 rings (SSSR count). The number of carbonyl (C=O) groups excluding carboxylic acids is 1. The molecule has 0 aliphatic rings. The molecule has 6 nitrogen and oxygen atoms in total. The summed E-state index contributed by atoms with van der Waals surface area (Å²) < 4.78 is 4.51. The SMILES string of the molecule is Cc1cccc(B(O)O)c1.O=COCc1cccc(B(O)O)c1. The average molecular weight is 316 g/mol. The van der Waals surface area contributed by atoms with Crippen LogP contribution in [0.3, 0.4) is 0 Å². The summed E-state index contributed by atoms with van der Waals surface area (Å²) in [5, 5.41) is 35.0. The third-order valence-corrected chi connectivity index (χ3v) is 2.91. The van der Waals surface area contributed by atoms with Crippen molar-refractivity contribution in [3.05, 3.63) is 59.7 Å². The van der Waals surface area contributed by atoms with Gasteiger partial charge in [0.2, 0.25) is 0 Å². The van der Waals surface area contributed by atoms with Crippen LogP contribution in [-0.2, 0) is 16.1 Å². The van der Waals surface area contributed by atoms with Gasteiger partial charge in [0.05, 0.1) is 0 Å². The summed E-state index contributed by atoms with van der Waals surface area (Å²) in [6.45, 7) is 2.40. The molecule has 0 saturated heterocycles. The number of benzene rings is 2. The van der Waals surface area contributed by atoms with E-state index in [4.69, 9.17) is 20.1 Å². The number of hydrogen-bond acceptors (Lipinski definition) is 6. The predicted octanol–water partition coefficient (Wildman–Crippen LogP) is -1.29. The highest BCUT2D eigenvalue weighted by molar-refractivity contribution is 6.58. The van der Waals surface area contributed by atoms with Crippen LogP contribution in [0.4, 0.5) is 0 Å². The Labute approximate surface area is 135 Å².